The zero-order valence-corrected chi connectivity index (χ0v) is 9.56. The van der Waals surface area contributed by atoms with Crippen LogP contribution in [0.15, 0.2) is 0 Å². The summed E-state index contributed by atoms with van der Waals surface area (Å²) in [5, 5.41) is 3.38. The van der Waals surface area contributed by atoms with Crippen molar-refractivity contribution in [1.29, 1.82) is 0 Å². The Hall–Kier alpha value is -0.0800. The van der Waals surface area contributed by atoms with Crippen molar-refractivity contribution in [3.63, 3.8) is 0 Å². The summed E-state index contributed by atoms with van der Waals surface area (Å²) in [6, 6.07) is 0. The largest absolute Gasteiger partial charge is 0.381 e. The van der Waals surface area contributed by atoms with E-state index in [4.69, 9.17) is 4.74 Å². The number of piperidine rings is 1. The number of nitrogens with one attached hydrogen (secondary N) is 1. The summed E-state index contributed by atoms with van der Waals surface area (Å²) in [7, 11) is 0. The first kappa shape index (κ1) is 12.0. The molecule has 0 bridgehead atoms. The number of hydrogen-bond donors (Lipinski definition) is 1. The highest BCUT2D eigenvalue weighted by Crippen LogP contribution is 2.11. The Balaban J connectivity index is 1.82. The van der Waals surface area contributed by atoms with E-state index >= 15 is 0 Å². The van der Waals surface area contributed by atoms with E-state index in [9.17, 15) is 0 Å². The molecule has 0 saturated carbocycles. The third kappa shape index (κ3) is 5.61. The number of unbranched alkanes of at least 4 members (excludes halogenated alkanes) is 3. The smallest absolute Gasteiger partial charge is 0.0495 e. The van der Waals surface area contributed by atoms with Crippen LogP contribution in [-0.2, 0) is 4.74 Å². The molecule has 0 atom stereocenters. The van der Waals surface area contributed by atoms with Crippen LogP contribution < -0.4 is 5.32 Å². The summed E-state index contributed by atoms with van der Waals surface area (Å²) < 4.78 is 5.69. The fraction of sp³-hybridized carbons (Fsp3) is 1.00. The molecule has 84 valence electrons. The minimum absolute atomic E-state index is 0.822. The van der Waals surface area contributed by atoms with Crippen LogP contribution in [0.4, 0.5) is 0 Å². The van der Waals surface area contributed by atoms with Crippen LogP contribution >= 0.6 is 0 Å². The number of rotatable bonds is 7. The van der Waals surface area contributed by atoms with Crippen molar-refractivity contribution in [1.82, 2.24) is 5.32 Å². The highest BCUT2D eigenvalue weighted by atomic mass is 16.5. The fourth-order valence-electron chi connectivity index (χ4n) is 1.93. The van der Waals surface area contributed by atoms with Gasteiger partial charge in [-0.05, 0) is 38.3 Å². The van der Waals surface area contributed by atoms with Gasteiger partial charge in [0.05, 0.1) is 0 Å². The van der Waals surface area contributed by atoms with Gasteiger partial charge in [-0.3, -0.25) is 0 Å². The molecule has 0 amide bonds. The predicted octanol–water partition coefficient (Wildman–Crippen LogP) is 2.58. The predicted molar refractivity (Wildman–Crippen MR) is 60.6 cm³/mol. The molecule has 0 radical (unpaired) electrons. The fourth-order valence-corrected chi connectivity index (χ4v) is 1.93. The average Bonchev–Trinajstić information content (AvgIpc) is 2.25. The molecule has 14 heavy (non-hydrogen) atoms. The molecule has 1 fully saturated rings. The highest BCUT2D eigenvalue weighted by Gasteiger charge is 2.12. The van der Waals surface area contributed by atoms with Gasteiger partial charge in [-0.1, -0.05) is 26.2 Å². The van der Waals surface area contributed by atoms with E-state index in [0.717, 1.165) is 19.1 Å². The molecule has 2 nitrogen and oxygen atoms in total. The van der Waals surface area contributed by atoms with E-state index in [-0.39, 0.29) is 0 Å². The zero-order chi connectivity index (χ0) is 10.1. The monoisotopic (exact) mass is 199 g/mol. The lowest BCUT2D eigenvalue weighted by molar-refractivity contribution is 0.0850. The molecule has 1 rings (SSSR count). The van der Waals surface area contributed by atoms with Crippen molar-refractivity contribution < 1.29 is 4.74 Å². The molecule has 1 heterocycles. The third-order valence-corrected chi connectivity index (χ3v) is 2.95. The molecule has 0 aromatic carbocycles. The molecule has 0 aliphatic carbocycles. The minimum Gasteiger partial charge on any atom is -0.381 e. The van der Waals surface area contributed by atoms with E-state index in [0.29, 0.717) is 0 Å². The molecule has 1 N–H and O–H groups in total. The van der Waals surface area contributed by atoms with E-state index in [2.05, 4.69) is 12.2 Å². The quantitative estimate of drug-likeness (QED) is 0.636. The standard InChI is InChI=1S/C12H25NO/c1-2-3-4-5-10-14-11-12-6-8-13-9-7-12/h12-13H,2-11H2,1H3. The molecular formula is C12H25NO. The Morgan fingerprint density at radius 1 is 1.14 bits per heavy atom. The zero-order valence-electron chi connectivity index (χ0n) is 9.56. The van der Waals surface area contributed by atoms with Crippen LogP contribution in [0.3, 0.4) is 0 Å². The molecule has 0 aromatic rings. The summed E-state index contributed by atoms with van der Waals surface area (Å²) in [5.41, 5.74) is 0. The van der Waals surface area contributed by atoms with Crippen LogP contribution in [-0.4, -0.2) is 26.3 Å². The van der Waals surface area contributed by atoms with Crippen LogP contribution in [0.25, 0.3) is 0 Å². The number of ether oxygens (including phenoxy) is 1. The van der Waals surface area contributed by atoms with Crippen molar-refractivity contribution in [2.45, 2.75) is 45.4 Å². The maximum absolute atomic E-state index is 5.69. The first-order valence-corrected chi connectivity index (χ1v) is 6.22. The lowest BCUT2D eigenvalue weighted by Gasteiger charge is -2.22. The molecule has 0 spiro atoms. The Morgan fingerprint density at radius 3 is 2.64 bits per heavy atom. The van der Waals surface area contributed by atoms with Gasteiger partial charge >= 0.3 is 0 Å². The van der Waals surface area contributed by atoms with Crippen LogP contribution in [0, 0.1) is 5.92 Å². The lowest BCUT2D eigenvalue weighted by Crippen LogP contribution is -2.30. The normalized spacial score (nSPS) is 18.6. The van der Waals surface area contributed by atoms with Gasteiger partial charge in [-0.25, -0.2) is 0 Å². The van der Waals surface area contributed by atoms with E-state index < -0.39 is 0 Å². The number of hydrogen-bond acceptors (Lipinski definition) is 2. The van der Waals surface area contributed by atoms with Gasteiger partial charge in [-0.2, -0.15) is 0 Å². The van der Waals surface area contributed by atoms with Gasteiger partial charge in [0, 0.05) is 13.2 Å². The highest BCUT2D eigenvalue weighted by molar-refractivity contribution is 4.67. The molecular weight excluding hydrogens is 174 g/mol. The first-order valence-electron chi connectivity index (χ1n) is 6.22. The van der Waals surface area contributed by atoms with Crippen molar-refractivity contribution in [3.8, 4) is 0 Å². The second-order valence-electron chi connectivity index (χ2n) is 4.33. The first-order chi connectivity index (χ1) is 6.93. The Bertz CT molecular complexity index is 121. The lowest BCUT2D eigenvalue weighted by atomic mass is 9.99. The summed E-state index contributed by atoms with van der Waals surface area (Å²) in [6.45, 7) is 6.58. The van der Waals surface area contributed by atoms with Gasteiger partial charge in [0.25, 0.3) is 0 Å². The Kier molecular flexibility index (Phi) is 7.06. The topological polar surface area (TPSA) is 21.3 Å². The van der Waals surface area contributed by atoms with Crippen molar-refractivity contribution >= 4 is 0 Å². The van der Waals surface area contributed by atoms with E-state index in [1.54, 1.807) is 0 Å². The van der Waals surface area contributed by atoms with E-state index in [1.807, 2.05) is 0 Å². The SMILES string of the molecule is CCCCCCOCC1CCNCC1. The molecule has 2 heteroatoms. The maximum atomic E-state index is 5.69. The van der Waals surface area contributed by atoms with Gasteiger partial charge in [0.15, 0.2) is 0 Å². The molecule has 1 saturated heterocycles. The maximum Gasteiger partial charge on any atom is 0.0495 e. The Labute approximate surface area is 88.4 Å². The summed E-state index contributed by atoms with van der Waals surface area (Å²) in [6.07, 6.45) is 7.86. The van der Waals surface area contributed by atoms with Crippen molar-refractivity contribution in [2.75, 3.05) is 26.3 Å². The van der Waals surface area contributed by atoms with Gasteiger partial charge in [-0.15, -0.1) is 0 Å². The van der Waals surface area contributed by atoms with Gasteiger partial charge in [0.1, 0.15) is 0 Å². The minimum atomic E-state index is 0.822. The molecule has 1 aliphatic heterocycles. The van der Waals surface area contributed by atoms with Crippen molar-refractivity contribution in [3.05, 3.63) is 0 Å². The summed E-state index contributed by atoms with van der Waals surface area (Å²) >= 11 is 0. The molecule has 1 aliphatic rings. The molecule has 0 unspecified atom stereocenters. The van der Waals surface area contributed by atoms with Gasteiger partial charge in [0.2, 0.25) is 0 Å². The van der Waals surface area contributed by atoms with Crippen LogP contribution in [0.5, 0.6) is 0 Å². The van der Waals surface area contributed by atoms with Crippen molar-refractivity contribution in [2.24, 2.45) is 5.92 Å². The second kappa shape index (κ2) is 8.25. The van der Waals surface area contributed by atoms with Crippen LogP contribution in [0.1, 0.15) is 45.4 Å². The van der Waals surface area contributed by atoms with Gasteiger partial charge < -0.3 is 10.1 Å². The van der Waals surface area contributed by atoms with Crippen LogP contribution in [0.2, 0.25) is 0 Å². The summed E-state index contributed by atoms with van der Waals surface area (Å²) in [5.74, 6) is 0.822. The second-order valence-corrected chi connectivity index (χ2v) is 4.33. The molecule has 0 aromatic heterocycles. The summed E-state index contributed by atoms with van der Waals surface area (Å²) in [4.78, 5) is 0. The third-order valence-electron chi connectivity index (χ3n) is 2.95. The van der Waals surface area contributed by atoms with E-state index in [1.165, 1.54) is 51.6 Å². The average molecular weight is 199 g/mol. The Morgan fingerprint density at radius 2 is 1.93 bits per heavy atom.